The Balaban J connectivity index is 2.00. The Labute approximate surface area is 231 Å². The van der Waals surface area contributed by atoms with E-state index in [-0.39, 0.29) is 18.6 Å². The third-order valence-corrected chi connectivity index (χ3v) is 5.63. The van der Waals surface area contributed by atoms with Gasteiger partial charge in [0.15, 0.2) is 0 Å². The molecule has 0 fully saturated rings. The molecule has 0 aliphatic carbocycles. The van der Waals surface area contributed by atoms with Crippen molar-refractivity contribution in [2.75, 3.05) is 0 Å². The lowest BCUT2D eigenvalue weighted by Crippen LogP contribution is -2.57. The predicted molar refractivity (Wildman–Crippen MR) is 142 cm³/mol. The number of carbonyl (C=O) groups excluding carboxylic acids is 5. The van der Waals surface area contributed by atoms with E-state index in [4.69, 9.17) is 14.6 Å². The van der Waals surface area contributed by atoms with Crippen molar-refractivity contribution >= 4 is 35.8 Å². The molecule has 0 bridgehead atoms. The van der Waals surface area contributed by atoms with Gasteiger partial charge in [0, 0.05) is 6.42 Å². The molecule has 3 atom stereocenters. The molecule has 214 valence electrons. The van der Waals surface area contributed by atoms with Gasteiger partial charge in [-0.3, -0.25) is 14.4 Å². The maximum Gasteiger partial charge on any atom is 0.408 e. The minimum atomic E-state index is -1.32. The fraction of sp³-hybridized carbons (Fsp3) is 0.357. The summed E-state index contributed by atoms with van der Waals surface area (Å²) in [4.78, 5) is 73.9. The molecule has 0 aromatic heterocycles. The normalized spacial score (nSPS) is 12.8. The molecule has 0 spiro atoms. The summed E-state index contributed by atoms with van der Waals surface area (Å²) in [6.45, 7) is 4.52. The molecule has 0 heterocycles. The fourth-order valence-electron chi connectivity index (χ4n) is 3.41. The van der Waals surface area contributed by atoms with Gasteiger partial charge < -0.3 is 30.5 Å². The summed E-state index contributed by atoms with van der Waals surface area (Å²) in [6.07, 6.45) is -1.65. The van der Waals surface area contributed by atoms with E-state index in [0.29, 0.717) is 5.56 Å². The highest BCUT2D eigenvalue weighted by Crippen LogP contribution is 2.08. The first-order valence-corrected chi connectivity index (χ1v) is 12.6. The number of rotatable bonds is 13. The average Bonchev–Trinajstić information content (AvgIpc) is 2.93. The van der Waals surface area contributed by atoms with Crippen molar-refractivity contribution in [3.63, 3.8) is 0 Å². The van der Waals surface area contributed by atoms with Crippen LogP contribution in [0.1, 0.15) is 49.5 Å². The Kier molecular flexibility index (Phi) is 12.3. The lowest BCUT2D eigenvalue weighted by Gasteiger charge is -2.26. The van der Waals surface area contributed by atoms with Gasteiger partial charge in [-0.05, 0) is 37.0 Å². The van der Waals surface area contributed by atoms with Crippen molar-refractivity contribution < 1.29 is 43.3 Å². The first-order valence-electron chi connectivity index (χ1n) is 12.6. The molecule has 4 N–H and O–H groups in total. The number of carboxylic acid groups (broad SMARTS) is 1. The van der Waals surface area contributed by atoms with Crippen molar-refractivity contribution in [1.29, 1.82) is 0 Å². The Hall–Kier alpha value is -4.74. The van der Waals surface area contributed by atoms with E-state index in [1.54, 1.807) is 62.4 Å². The molecule has 0 aliphatic rings. The van der Waals surface area contributed by atoms with Crippen LogP contribution in [-0.2, 0) is 35.3 Å². The van der Waals surface area contributed by atoms with Crippen molar-refractivity contribution in [2.24, 2.45) is 5.92 Å². The number of carbonyl (C=O) groups is 6. The molecule has 2 aromatic rings. The zero-order chi connectivity index (χ0) is 29.7. The van der Waals surface area contributed by atoms with Gasteiger partial charge in [0.05, 0.1) is 5.56 Å². The Morgan fingerprint density at radius 3 is 1.98 bits per heavy atom. The van der Waals surface area contributed by atoms with Crippen LogP contribution in [0.3, 0.4) is 0 Å². The number of amides is 3. The number of benzene rings is 2. The third kappa shape index (κ3) is 10.6. The van der Waals surface area contributed by atoms with E-state index in [0.717, 1.165) is 0 Å². The zero-order valence-corrected chi connectivity index (χ0v) is 22.4. The van der Waals surface area contributed by atoms with Gasteiger partial charge in [0.25, 0.3) is 0 Å². The fourth-order valence-corrected chi connectivity index (χ4v) is 3.41. The summed E-state index contributed by atoms with van der Waals surface area (Å²) in [6, 6.07) is 12.9. The van der Waals surface area contributed by atoms with Crippen molar-refractivity contribution in [2.45, 2.75) is 58.3 Å². The maximum atomic E-state index is 13.0. The summed E-state index contributed by atoms with van der Waals surface area (Å²) in [7, 11) is 0. The number of carboxylic acids is 1. The molecule has 0 radical (unpaired) electrons. The first-order chi connectivity index (χ1) is 19.0. The van der Waals surface area contributed by atoms with Crippen LogP contribution in [0, 0.1) is 5.92 Å². The Morgan fingerprint density at radius 1 is 0.800 bits per heavy atom. The molecular formula is C28H33N3O9. The molecular weight excluding hydrogens is 522 g/mol. The SMILES string of the molecule is CC(C)[C@H](NC(=O)[C@H](CCC(=O)O)NC(=O)OCc1ccccc1)C(=O)N[C@@H](C)C(=O)OC(=O)c1ccccc1. The van der Waals surface area contributed by atoms with Gasteiger partial charge in [-0.15, -0.1) is 0 Å². The maximum absolute atomic E-state index is 13.0. The zero-order valence-electron chi connectivity index (χ0n) is 22.4. The average molecular weight is 556 g/mol. The van der Waals surface area contributed by atoms with Gasteiger partial charge in [0.2, 0.25) is 11.8 Å². The summed E-state index contributed by atoms with van der Waals surface area (Å²) in [5, 5.41) is 16.3. The summed E-state index contributed by atoms with van der Waals surface area (Å²) in [5.41, 5.74) is 0.864. The molecule has 3 amide bonds. The van der Waals surface area contributed by atoms with E-state index >= 15 is 0 Å². The van der Waals surface area contributed by atoms with Crippen molar-refractivity contribution in [3.8, 4) is 0 Å². The van der Waals surface area contributed by atoms with Crippen LogP contribution in [-0.4, -0.2) is 59.0 Å². The molecule has 12 nitrogen and oxygen atoms in total. The number of ether oxygens (including phenoxy) is 2. The van der Waals surface area contributed by atoms with Crippen LogP contribution < -0.4 is 16.0 Å². The van der Waals surface area contributed by atoms with Gasteiger partial charge in [-0.1, -0.05) is 62.4 Å². The summed E-state index contributed by atoms with van der Waals surface area (Å²) < 4.78 is 9.94. The van der Waals surface area contributed by atoms with Crippen LogP contribution in [0.2, 0.25) is 0 Å². The van der Waals surface area contributed by atoms with Crippen molar-refractivity contribution in [1.82, 2.24) is 16.0 Å². The van der Waals surface area contributed by atoms with E-state index < -0.39 is 66.3 Å². The standard InChI is InChI=1S/C28H33N3O9/c1-17(2)23(25(35)29-18(3)26(36)40-27(37)20-12-8-5-9-13-20)31-24(34)21(14-15-22(32)33)30-28(38)39-16-19-10-6-4-7-11-19/h4-13,17-18,21,23H,14-16H2,1-3H3,(H,29,35)(H,30,38)(H,31,34)(H,32,33)/t18-,21-,23-/m0/s1. The number of esters is 2. The van der Waals surface area contributed by atoms with Gasteiger partial charge >= 0.3 is 24.0 Å². The lowest BCUT2D eigenvalue weighted by molar-refractivity contribution is -0.142. The number of nitrogens with one attached hydrogen (secondary N) is 3. The van der Waals surface area contributed by atoms with E-state index in [9.17, 15) is 28.8 Å². The number of hydrogen-bond donors (Lipinski definition) is 4. The second kappa shape index (κ2) is 15.6. The molecule has 40 heavy (non-hydrogen) atoms. The number of alkyl carbamates (subject to hydrolysis) is 1. The van der Waals surface area contributed by atoms with Crippen molar-refractivity contribution in [3.05, 3.63) is 71.8 Å². The monoisotopic (exact) mass is 555 g/mol. The molecule has 0 saturated carbocycles. The molecule has 0 aliphatic heterocycles. The third-order valence-electron chi connectivity index (χ3n) is 5.63. The molecule has 12 heteroatoms. The van der Waals surface area contributed by atoms with Crippen LogP contribution in [0.15, 0.2) is 60.7 Å². The van der Waals surface area contributed by atoms with E-state index in [2.05, 4.69) is 16.0 Å². The number of aliphatic carboxylic acids is 1. The highest BCUT2D eigenvalue weighted by atomic mass is 16.6. The van der Waals surface area contributed by atoms with Gasteiger partial charge in [-0.2, -0.15) is 0 Å². The molecule has 2 rings (SSSR count). The number of hydrogen-bond acceptors (Lipinski definition) is 8. The van der Waals surface area contributed by atoms with Crippen LogP contribution in [0.4, 0.5) is 4.79 Å². The predicted octanol–water partition coefficient (Wildman–Crippen LogP) is 2.18. The highest BCUT2D eigenvalue weighted by molar-refractivity contribution is 5.99. The smallest absolute Gasteiger partial charge is 0.408 e. The Bertz CT molecular complexity index is 1190. The largest absolute Gasteiger partial charge is 0.481 e. The van der Waals surface area contributed by atoms with Gasteiger partial charge in [-0.25, -0.2) is 14.4 Å². The second-order valence-corrected chi connectivity index (χ2v) is 9.23. The topological polar surface area (TPSA) is 177 Å². The first kappa shape index (κ1) is 31.5. The molecule has 2 aromatic carbocycles. The lowest BCUT2D eigenvalue weighted by atomic mass is 10.0. The highest BCUT2D eigenvalue weighted by Gasteiger charge is 2.31. The van der Waals surface area contributed by atoms with E-state index in [1.165, 1.54) is 19.1 Å². The van der Waals surface area contributed by atoms with Crippen LogP contribution in [0.25, 0.3) is 0 Å². The van der Waals surface area contributed by atoms with Crippen LogP contribution in [0.5, 0.6) is 0 Å². The minimum Gasteiger partial charge on any atom is -0.481 e. The molecule has 0 saturated heterocycles. The van der Waals surface area contributed by atoms with E-state index in [1.807, 2.05) is 0 Å². The van der Waals surface area contributed by atoms with Crippen LogP contribution >= 0.6 is 0 Å². The Morgan fingerprint density at radius 2 is 1.40 bits per heavy atom. The van der Waals surface area contributed by atoms with Gasteiger partial charge in [0.1, 0.15) is 24.7 Å². The minimum absolute atomic E-state index is 0.0717. The molecule has 0 unspecified atom stereocenters. The second-order valence-electron chi connectivity index (χ2n) is 9.23. The summed E-state index contributed by atoms with van der Waals surface area (Å²) >= 11 is 0. The summed E-state index contributed by atoms with van der Waals surface area (Å²) in [5.74, 6) is -5.11. The quantitative estimate of drug-likeness (QED) is 0.213.